The normalized spacial score (nSPS) is 21.2. The fraction of sp³-hybridized carbons (Fsp3) is 0.857. The van der Waals surface area contributed by atoms with Gasteiger partial charge in [0.05, 0.1) is 12.5 Å². The predicted molar refractivity (Wildman–Crippen MR) is 78.4 cm³/mol. The highest BCUT2D eigenvalue weighted by molar-refractivity contribution is 7.99. The molecule has 0 aliphatic carbocycles. The summed E-state index contributed by atoms with van der Waals surface area (Å²) < 4.78 is 0. The van der Waals surface area contributed by atoms with E-state index in [4.69, 9.17) is 5.11 Å². The number of carbonyl (C=O) groups excluding carboxylic acids is 1. The highest BCUT2D eigenvalue weighted by Crippen LogP contribution is 2.24. The summed E-state index contributed by atoms with van der Waals surface area (Å²) in [5.41, 5.74) is 0. The summed E-state index contributed by atoms with van der Waals surface area (Å²) in [4.78, 5) is 25.3. The summed E-state index contributed by atoms with van der Waals surface area (Å²) in [6, 6.07) is -0.126. The average Bonchev–Trinajstić information content (AvgIpc) is 2.39. The number of aliphatic carboxylic acids is 1. The molecule has 0 saturated carbocycles. The van der Waals surface area contributed by atoms with Crippen molar-refractivity contribution in [3.63, 3.8) is 0 Å². The van der Waals surface area contributed by atoms with Crippen molar-refractivity contribution in [3.05, 3.63) is 0 Å². The third kappa shape index (κ3) is 5.05. The summed E-state index contributed by atoms with van der Waals surface area (Å²) >= 11 is 1.75. The fourth-order valence-corrected chi connectivity index (χ4v) is 3.57. The molecule has 5 heteroatoms. The van der Waals surface area contributed by atoms with Crippen LogP contribution >= 0.6 is 11.8 Å². The second kappa shape index (κ2) is 8.46. The molecule has 0 radical (unpaired) electrons. The molecule has 1 amide bonds. The van der Waals surface area contributed by atoms with Crippen molar-refractivity contribution in [2.75, 3.05) is 18.1 Å². The Morgan fingerprint density at radius 2 is 2.16 bits per heavy atom. The molecule has 2 unspecified atom stereocenters. The number of thioether (sulfide) groups is 1. The minimum Gasteiger partial charge on any atom is -0.481 e. The molecule has 1 fully saturated rings. The van der Waals surface area contributed by atoms with Gasteiger partial charge in [0.2, 0.25) is 5.91 Å². The number of nitrogens with zero attached hydrogens (tertiary/aromatic N) is 1. The molecule has 0 aromatic carbocycles. The first-order valence-corrected chi connectivity index (χ1v) is 8.35. The lowest BCUT2D eigenvalue weighted by Gasteiger charge is -2.36. The largest absolute Gasteiger partial charge is 0.481 e. The zero-order chi connectivity index (χ0) is 14.3. The molecule has 4 nitrogen and oxygen atoms in total. The van der Waals surface area contributed by atoms with Gasteiger partial charge in [-0.1, -0.05) is 26.7 Å². The molecular formula is C14H25NO3S. The molecule has 0 spiro atoms. The number of rotatable bonds is 7. The van der Waals surface area contributed by atoms with E-state index in [1.165, 1.54) is 0 Å². The fourth-order valence-electron chi connectivity index (χ4n) is 2.50. The molecule has 1 N–H and O–H groups in total. The second-order valence-corrected chi connectivity index (χ2v) is 6.26. The van der Waals surface area contributed by atoms with Crippen molar-refractivity contribution in [1.82, 2.24) is 4.90 Å². The first kappa shape index (κ1) is 16.3. The molecule has 1 rings (SSSR count). The van der Waals surface area contributed by atoms with Crippen molar-refractivity contribution in [1.29, 1.82) is 0 Å². The summed E-state index contributed by atoms with van der Waals surface area (Å²) in [5, 5.41) is 8.96. The van der Waals surface area contributed by atoms with Crippen LogP contribution in [0.25, 0.3) is 0 Å². The van der Waals surface area contributed by atoms with Gasteiger partial charge in [-0.2, -0.15) is 11.8 Å². The molecule has 1 aliphatic heterocycles. The van der Waals surface area contributed by atoms with Crippen molar-refractivity contribution in [2.45, 2.75) is 52.0 Å². The van der Waals surface area contributed by atoms with Gasteiger partial charge >= 0.3 is 5.97 Å². The smallest absolute Gasteiger partial charge is 0.305 e. The van der Waals surface area contributed by atoms with Crippen LogP contribution in [0.5, 0.6) is 0 Å². The van der Waals surface area contributed by atoms with Crippen LogP contribution in [0.4, 0.5) is 0 Å². The molecule has 0 aromatic heterocycles. The Labute approximate surface area is 119 Å². The Bertz CT molecular complexity index is 309. The Kier molecular flexibility index (Phi) is 7.28. The van der Waals surface area contributed by atoms with Crippen molar-refractivity contribution in [3.8, 4) is 0 Å². The Balaban J connectivity index is 2.66. The van der Waals surface area contributed by atoms with Gasteiger partial charge in [-0.05, 0) is 12.8 Å². The molecule has 110 valence electrons. The number of unbranched alkanes of at least 4 members (excludes halogenated alkanes) is 1. The van der Waals surface area contributed by atoms with Gasteiger partial charge in [-0.3, -0.25) is 9.59 Å². The number of carboxylic acids is 1. The monoisotopic (exact) mass is 287 g/mol. The Morgan fingerprint density at radius 3 is 2.74 bits per heavy atom. The lowest BCUT2D eigenvalue weighted by Crippen LogP contribution is -2.49. The SMILES string of the molecule is CCCCC(CC)C(=O)N1CCSCC1CC(=O)O. The first-order valence-electron chi connectivity index (χ1n) is 7.20. The van der Waals surface area contributed by atoms with E-state index < -0.39 is 5.97 Å². The summed E-state index contributed by atoms with van der Waals surface area (Å²) in [6.07, 6.45) is 4.01. The van der Waals surface area contributed by atoms with Crippen LogP contribution in [0.1, 0.15) is 46.0 Å². The van der Waals surface area contributed by atoms with Crippen molar-refractivity contribution in [2.24, 2.45) is 5.92 Å². The van der Waals surface area contributed by atoms with Crippen LogP contribution in [0.3, 0.4) is 0 Å². The van der Waals surface area contributed by atoms with Gasteiger partial charge in [0, 0.05) is 24.0 Å². The quantitative estimate of drug-likeness (QED) is 0.782. The van der Waals surface area contributed by atoms with E-state index in [1.807, 2.05) is 11.8 Å². The predicted octanol–water partition coefficient (Wildman–Crippen LogP) is 2.62. The van der Waals surface area contributed by atoms with Gasteiger partial charge in [0.25, 0.3) is 0 Å². The minimum atomic E-state index is -0.813. The van der Waals surface area contributed by atoms with Gasteiger partial charge in [0.1, 0.15) is 0 Å². The molecule has 0 aromatic rings. The zero-order valence-corrected chi connectivity index (χ0v) is 12.7. The first-order chi connectivity index (χ1) is 9.10. The topological polar surface area (TPSA) is 57.6 Å². The Hall–Kier alpha value is -0.710. The number of carboxylic acid groups (broad SMARTS) is 1. The van der Waals surface area contributed by atoms with E-state index in [1.54, 1.807) is 11.8 Å². The molecular weight excluding hydrogens is 262 g/mol. The Morgan fingerprint density at radius 1 is 1.42 bits per heavy atom. The molecule has 19 heavy (non-hydrogen) atoms. The maximum atomic E-state index is 12.6. The minimum absolute atomic E-state index is 0.0688. The maximum absolute atomic E-state index is 12.6. The highest BCUT2D eigenvalue weighted by Gasteiger charge is 2.31. The van der Waals surface area contributed by atoms with Gasteiger partial charge < -0.3 is 10.0 Å². The molecule has 0 bridgehead atoms. The van der Waals surface area contributed by atoms with E-state index in [0.29, 0.717) is 6.54 Å². The van der Waals surface area contributed by atoms with Crippen LogP contribution in [0, 0.1) is 5.92 Å². The van der Waals surface area contributed by atoms with Gasteiger partial charge in [0.15, 0.2) is 0 Å². The second-order valence-electron chi connectivity index (χ2n) is 5.11. The third-order valence-electron chi connectivity index (χ3n) is 3.67. The van der Waals surface area contributed by atoms with Crippen LogP contribution < -0.4 is 0 Å². The van der Waals surface area contributed by atoms with Crippen LogP contribution in [-0.4, -0.2) is 46.0 Å². The number of hydrogen-bond donors (Lipinski definition) is 1. The summed E-state index contributed by atoms with van der Waals surface area (Å²) in [5.74, 6) is 1.10. The third-order valence-corrected chi connectivity index (χ3v) is 4.76. The van der Waals surface area contributed by atoms with Crippen molar-refractivity contribution >= 4 is 23.6 Å². The average molecular weight is 287 g/mol. The lowest BCUT2D eigenvalue weighted by atomic mass is 9.96. The van der Waals surface area contributed by atoms with E-state index in [9.17, 15) is 9.59 Å². The van der Waals surface area contributed by atoms with E-state index in [2.05, 4.69) is 6.92 Å². The number of hydrogen-bond acceptors (Lipinski definition) is 3. The van der Waals surface area contributed by atoms with Crippen LogP contribution in [-0.2, 0) is 9.59 Å². The van der Waals surface area contributed by atoms with Crippen molar-refractivity contribution < 1.29 is 14.7 Å². The standard InChI is InChI=1S/C14H25NO3S/c1-3-5-6-11(4-2)14(18)15-7-8-19-10-12(15)9-13(16)17/h11-12H,3-10H2,1-2H3,(H,16,17). The van der Waals surface area contributed by atoms with E-state index in [0.717, 1.165) is 37.2 Å². The summed E-state index contributed by atoms with van der Waals surface area (Å²) in [6.45, 7) is 4.87. The van der Waals surface area contributed by atoms with E-state index in [-0.39, 0.29) is 24.3 Å². The zero-order valence-electron chi connectivity index (χ0n) is 11.9. The number of carbonyl (C=O) groups is 2. The molecule has 1 heterocycles. The highest BCUT2D eigenvalue weighted by atomic mass is 32.2. The van der Waals surface area contributed by atoms with Crippen LogP contribution in [0.15, 0.2) is 0 Å². The van der Waals surface area contributed by atoms with Crippen LogP contribution in [0.2, 0.25) is 0 Å². The summed E-state index contributed by atoms with van der Waals surface area (Å²) in [7, 11) is 0. The number of amides is 1. The molecule has 1 saturated heterocycles. The molecule has 2 atom stereocenters. The van der Waals surface area contributed by atoms with Gasteiger partial charge in [-0.25, -0.2) is 0 Å². The lowest BCUT2D eigenvalue weighted by molar-refractivity contribution is -0.142. The van der Waals surface area contributed by atoms with E-state index >= 15 is 0 Å². The van der Waals surface area contributed by atoms with Gasteiger partial charge in [-0.15, -0.1) is 0 Å². The maximum Gasteiger partial charge on any atom is 0.305 e. The molecule has 1 aliphatic rings.